The number of rotatable bonds is 11. The largest absolute Gasteiger partial charge is 0.467 e. The fourth-order valence-corrected chi connectivity index (χ4v) is 3.14. The Kier molecular flexibility index (Phi) is 7.91. The molecule has 0 spiro atoms. The number of furan rings is 1. The molecule has 0 unspecified atom stereocenters. The fourth-order valence-electron chi connectivity index (χ4n) is 2.63. The number of carbonyl (C=O) groups is 1. The first-order valence-electron chi connectivity index (χ1n) is 9.24. The Balaban J connectivity index is 2.12. The summed E-state index contributed by atoms with van der Waals surface area (Å²) in [6.07, 6.45) is 4.98. The summed E-state index contributed by atoms with van der Waals surface area (Å²) in [5.74, 6) is 0.912. The van der Waals surface area contributed by atoms with Gasteiger partial charge in [-0.3, -0.25) is 4.79 Å². The van der Waals surface area contributed by atoms with Crippen molar-refractivity contribution in [3.63, 3.8) is 0 Å². The zero-order valence-corrected chi connectivity index (χ0v) is 16.7. The molecule has 0 aliphatic carbocycles. The lowest BCUT2D eigenvalue weighted by Gasteiger charge is -2.22. The third-order valence-electron chi connectivity index (χ3n) is 4.12. The molecule has 1 aromatic heterocycles. The van der Waals surface area contributed by atoms with Crippen LogP contribution < -0.4 is 4.18 Å². The van der Waals surface area contributed by atoms with Crippen molar-refractivity contribution >= 4 is 16.0 Å². The van der Waals surface area contributed by atoms with Crippen LogP contribution in [-0.4, -0.2) is 25.0 Å². The minimum absolute atomic E-state index is 0.0485. The first-order valence-corrected chi connectivity index (χ1v) is 10.8. The van der Waals surface area contributed by atoms with Gasteiger partial charge in [0.2, 0.25) is 5.91 Å². The molecule has 0 radical (unpaired) electrons. The van der Waals surface area contributed by atoms with Gasteiger partial charge in [0.05, 0.1) is 18.6 Å². The summed E-state index contributed by atoms with van der Waals surface area (Å²) in [6.45, 7) is 4.35. The van der Waals surface area contributed by atoms with Crippen LogP contribution in [0.15, 0.2) is 47.1 Å². The average Bonchev–Trinajstić information content (AvgIpc) is 3.14. The topological polar surface area (TPSA) is 76.8 Å². The zero-order chi connectivity index (χ0) is 19.7. The molecule has 0 fully saturated rings. The predicted molar refractivity (Wildman–Crippen MR) is 104 cm³/mol. The lowest BCUT2D eigenvalue weighted by molar-refractivity contribution is -0.132. The second kappa shape index (κ2) is 10.2. The predicted octanol–water partition coefficient (Wildman–Crippen LogP) is 4.12. The van der Waals surface area contributed by atoms with E-state index in [1.54, 1.807) is 35.4 Å². The Hall–Kier alpha value is -2.28. The number of amides is 1. The number of nitrogens with zero attached hydrogens (tertiary/aromatic N) is 1. The summed E-state index contributed by atoms with van der Waals surface area (Å²) in [4.78, 5) is 14.4. The first kappa shape index (κ1) is 21.0. The van der Waals surface area contributed by atoms with Gasteiger partial charge in [0.25, 0.3) is 0 Å². The van der Waals surface area contributed by atoms with E-state index in [1.165, 1.54) is 6.92 Å². The molecule has 1 heterocycles. The minimum Gasteiger partial charge on any atom is -0.467 e. The third-order valence-corrected chi connectivity index (χ3v) is 5.28. The van der Waals surface area contributed by atoms with Crippen LogP contribution in [0.1, 0.15) is 50.9 Å². The maximum Gasteiger partial charge on any atom is 0.308 e. The van der Waals surface area contributed by atoms with Crippen molar-refractivity contribution in [2.24, 2.45) is 0 Å². The molecular weight excluding hydrogens is 366 g/mol. The van der Waals surface area contributed by atoms with E-state index in [9.17, 15) is 13.2 Å². The van der Waals surface area contributed by atoms with Crippen LogP contribution >= 0.6 is 0 Å². The highest BCUT2D eigenvalue weighted by Crippen LogP contribution is 2.19. The number of benzene rings is 1. The van der Waals surface area contributed by atoms with Crippen molar-refractivity contribution in [1.82, 2.24) is 4.90 Å². The van der Waals surface area contributed by atoms with Crippen molar-refractivity contribution in [3.05, 3.63) is 54.0 Å². The summed E-state index contributed by atoms with van der Waals surface area (Å²) in [5.41, 5.74) is 0.800. The Morgan fingerprint density at radius 1 is 1.11 bits per heavy atom. The van der Waals surface area contributed by atoms with Crippen molar-refractivity contribution in [1.29, 1.82) is 0 Å². The maximum atomic E-state index is 12.7. The van der Waals surface area contributed by atoms with Crippen molar-refractivity contribution in [3.8, 4) is 5.75 Å². The van der Waals surface area contributed by atoms with Gasteiger partial charge in [-0.15, -0.1) is 0 Å². The Labute approximate surface area is 161 Å². The van der Waals surface area contributed by atoms with E-state index < -0.39 is 10.1 Å². The fraction of sp³-hybridized carbons (Fsp3) is 0.450. The summed E-state index contributed by atoms with van der Waals surface area (Å²) < 4.78 is 33.8. The normalized spacial score (nSPS) is 11.3. The molecule has 0 bridgehead atoms. The molecule has 0 saturated carbocycles. The number of carbonyl (C=O) groups excluding carboxylic acids is 1. The number of hydrogen-bond donors (Lipinski definition) is 0. The maximum absolute atomic E-state index is 12.7. The van der Waals surface area contributed by atoms with E-state index in [1.807, 2.05) is 12.1 Å². The van der Waals surface area contributed by atoms with Crippen LogP contribution in [0.5, 0.6) is 5.75 Å². The molecule has 1 aromatic carbocycles. The van der Waals surface area contributed by atoms with E-state index in [0.29, 0.717) is 25.3 Å². The molecule has 2 aromatic rings. The molecule has 0 atom stereocenters. The third kappa shape index (κ3) is 7.09. The monoisotopic (exact) mass is 393 g/mol. The van der Waals surface area contributed by atoms with E-state index in [0.717, 1.165) is 24.8 Å². The molecule has 148 valence electrons. The highest BCUT2D eigenvalue weighted by atomic mass is 32.2. The SMILES string of the molecule is CCCCCC(=O)N(Cc1cccc(OS(=O)(=O)CC)c1)Cc1ccco1. The first-order chi connectivity index (χ1) is 12.9. The van der Waals surface area contributed by atoms with Gasteiger partial charge in [-0.05, 0) is 43.2 Å². The van der Waals surface area contributed by atoms with Crippen molar-refractivity contribution in [2.75, 3.05) is 5.75 Å². The molecule has 0 aliphatic heterocycles. The molecular formula is C20H27NO5S. The lowest BCUT2D eigenvalue weighted by Crippen LogP contribution is -2.29. The van der Waals surface area contributed by atoms with Crippen LogP contribution in [0.3, 0.4) is 0 Å². The molecule has 27 heavy (non-hydrogen) atoms. The van der Waals surface area contributed by atoms with Gasteiger partial charge >= 0.3 is 10.1 Å². The molecule has 0 aliphatic rings. The smallest absolute Gasteiger partial charge is 0.308 e. The quantitative estimate of drug-likeness (QED) is 0.424. The van der Waals surface area contributed by atoms with Gasteiger partial charge in [0.1, 0.15) is 11.5 Å². The van der Waals surface area contributed by atoms with Crippen molar-refractivity contribution in [2.45, 2.75) is 52.6 Å². The Morgan fingerprint density at radius 2 is 1.93 bits per heavy atom. The Morgan fingerprint density at radius 3 is 2.59 bits per heavy atom. The van der Waals surface area contributed by atoms with E-state index in [2.05, 4.69) is 6.92 Å². The van der Waals surface area contributed by atoms with Gasteiger partial charge in [0.15, 0.2) is 0 Å². The molecule has 1 amide bonds. The molecule has 0 saturated heterocycles. The highest BCUT2D eigenvalue weighted by molar-refractivity contribution is 7.87. The summed E-state index contributed by atoms with van der Waals surface area (Å²) >= 11 is 0. The molecule has 6 nitrogen and oxygen atoms in total. The van der Waals surface area contributed by atoms with Crippen LogP contribution in [0.2, 0.25) is 0 Å². The van der Waals surface area contributed by atoms with E-state index in [-0.39, 0.29) is 17.4 Å². The van der Waals surface area contributed by atoms with Crippen molar-refractivity contribution < 1.29 is 21.8 Å². The van der Waals surface area contributed by atoms with Crippen LogP contribution in [0.25, 0.3) is 0 Å². The van der Waals surface area contributed by atoms with E-state index in [4.69, 9.17) is 8.60 Å². The second-order valence-electron chi connectivity index (χ2n) is 6.36. The standard InChI is InChI=1S/C20H27NO5S/c1-3-5-6-12-20(22)21(16-19-11-8-13-25-19)15-17-9-7-10-18(14-17)26-27(23,24)4-2/h7-11,13-14H,3-6,12,15-16H2,1-2H3. The van der Waals surface area contributed by atoms with Crippen LogP contribution in [0, 0.1) is 0 Å². The minimum atomic E-state index is -3.59. The second-order valence-corrected chi connectivity index (χ2v) is 8.22. The number of hydrogen-bond acceptors (Lipinski definition) is 5. The van der Waals surface area contributed by atoms with Gasteiger partial charge < -0.3 is 13.5 Å². The summed E-state index contributed by atoms with van der Waals surface area (Å²) in [7, 11) is -3.59. The number of unbranched alkanes of at least 4 members (excludes halogenated alkanes) is 2. The summed E-state index contributed by atoms with van der Waals surface area (Å²) in [6, 6.07) is 10.4. The lowest BCUT2D eigenvalue weighted by atomic mass is 10.1. The van der Waals surface area contributed by atoms with Crippen LogP contribution in [-0.2, 0) is 28.0 Å². The molecule has 7 heteroatoms. The van der Waals surface area contributed by atoms with Gasteiger partial charge in [-0.1, -0.05) is 31.9 Å². The van der Waals surface area contributed by atoms with Gasteiger partial charge in [-0.2, -0.15) is 8.42 Å². The highest BCUT2D eigenvalue weighted by Gasteiger charge is 2.17. The zero-order valence-electron chi connectivity index (χ0n) is 15.9. The molecule has 2 rings (SSSR count). The Bertz CT molecular complexity index is 815. The van der Waals surface area contributed by atoms with Gasteiger partial charge in [-0.25, -0.2) is 0 Å². The molecule has 0 N–H and O–H groups in total. The van der Waals surface area contributed by atoms with Gasteiger partial charge in [0, 0.05) is 13.0 Å². The van der Waals surface area contributed by atoms with E-state index >= 15 is 0 Å². The average molecular weight is 394 g/mol. The van der Waals surface area contributed by atoms with Crippen LogP contribution in [0.4, 0.5) is 0 Å². The summed E-state index contributed by atoms with van der Waals surface area (Å²) in [5, 5.41) is 0.